The van der Waals surface area contributed by atoms with Crippen LogP contribution in [0.4, 0.5) is 0 Å². The average Bonchev–Trinajstić information content (AvgIpc) is 2.77. The summed E-state index contributed by atoms with van der Waals surface area (Å²) in [5, 5.41) is 10.8. The molecule has 0 aromatic heterocycles. The minimum absolute atomic E-state index is 0.0459. The van der Waals surface area contributed by atoms with Gasteiger partial charge in [-0.1, -0.05) is 93.6 Å². The summed E-state index contributed by atoms with van der Waals surface area (Å²) in [7, 11) is 0. The van der Waals surface area contributed by atoms with Crippen molar-refractivity contribution in [3.05, 3.63) is 83.9 Å². The van der Waals surface area contributed by atoms with E-state index in [-0.39, 0.29) is 16.9 Å². The molecule has 1 saturated carbocycles. The standard InChI is InChI=1S/C29H32O/c1-28(2)25-17-15-23-24(29(25,3)19-18-26(28)30)16-14-22(20-10-6-4-7-11-20)27(23)21-12-8-5-9-13-21/h4-14,16,25-26,30H,15,17-19H2,1-3H3/t25-,26-,29+/m0/s1. The van der Waals surface area contributed by atoms with Crippen LogP contribution < -0.4 is 0 Å². The van der Waals surface area contributed by atoms with Crippen LogP contribution in [-0.2, 0) is 11.8 Å². The van der Waals surface area contributed by atoms with Gasteiger partial charge in [-0.3, -0.25) is 0 Å². The normalized spacial score (nSPS) is 27.2. The van der Waals surface area contributed by atoms with Crippen LogP contribution in [-0.4, -0.2) is 11.2 Å². The van der Waals surface area contributed by atoms with Gasteiger partial charge in [0.25, 0.3) is 0 Å². The van der Waals surface area contributed by atoms with E-state index < -0.39 is 0 Å². The molecule has 30 heavy (non-hydrogen) atoms. The third kappa shape index (κ3) is 2.87. The summed E-state index contributed by atoms with van der Waals surface area (Å²) < 4.78 is 0. The van der Waals surface area contributed by atoms with Crippen molar-refractivity contribution in [2.45, 2.75) is 58.0 Å². The summed E-state index contributed by atoms with van der Waals surface area (Å²) >= 11 is 0. The van der Waals surface area contributed by atoms with E-state index in [1.54, 1.807) is 0 Å². The van der Waals surface area contributed by atoms with Crippen LogP contribution in [0.2, 0.25) is 0 Å². The molecule has 0 bridgehead atoms. The molecule has 0 spiro atoms. The molecule has 1 N–H and O–H groups in total. The van der Waals surface area contributed by atoms with Crippen molar-refractivity contribution in [2.75, 3.05) is 0 Å². The number of aliphatic hydroxyl groups is 1. The van der Waals surface area contributed by atoms with Crippen molar-refractivity contribution in [2.24, 2.45) is 11.3 Å². The van der Waals surface area contributed by atoms with Crippen molar-refractivity contribution in [1.29, 1.82) is 0 Å². The lowest BCUT2D eigenvalue weighted by atomic mass is 9.49. The minimum atomic E-state index is -0.200. The molecule has 3 aromatic rings. The highest BCUT2D eigenvalue weighted by atomic mass is 16.3. The molecule has 2 aliphatic carbocycles. The zero-order valence-electron chi connectivity index (χ0n) is 18.4. The first kappa shape index (κ1) is 19.6. The van der Waals surface area contributed by atoms with Gasteiger partial charge in [-0.05, 0) is 75.8 Å². The molecular formula is C29H32O. The molecule has 0 radical (unpaired) electrons. The Morgan fingerprint density at radius 1 is 0.767 bits per heavy atom. The van der Waals surface area contributed by atoms with Gasteiger partial charge in [-0.15, -0.1) is 0 Å². The minimum Gasteiger partial charge on any atom is -0.393 e. The summed E-state index contributed by atoms with van der Waals surface area (Å²) in [5.41, 5.74) is 8.44. The number of fused-ring (bicyclic) bond motifs is 3. The predicted octanol–water partition coefficient (Wildman–Crippen LogP) is 7.02. The highest BCUT2D eigenvalue weighted by Gasteiger charge is 2.53. The largest absolute Gasteiger partial charge is 0.393 e. The van der Waals surface area contributed by atoms with Crippen LogP contribution in [0.3, 0.4) is 0 Å². The van der Waals surface area contributed by atoms with E-state index >= 15 is 0 Å². The van der Waals surface area contributed by atoms with Gasteiger partial charge in [-0.25, -0.2) is 0 Å². The van der Waals surface area contributed by atoms with Gasteiger partial charge in [0.15, 0.2) is 0 Å². The van der Waals surface area contributed by atoms with Gasteiger partial charge >= 0.3 is 0 Å². The summed E-state index contributed by atoms with van der Waals surface area (Å²) in [6.07, 6.45) is 3.98. The van der Waals surface area contributed by atoms with Gasteiger partial charge in [0, 0.05) is 0 Å². The molecule has 0 aliphatic heterocycles. The summed E-state index contributed by atoms with van der Waals surface area (Å²) in [6.45, 7) is 7.02. The number of aliphatic hydroxyl groups excluding tert-OH is 1. The smallest absolute Gasteiger partial charge is 0.0594 e. The van der Waals surface area contributed by atoms with Crippen molar-refractivity contribution in [3.8, 4) is 22.3 Å². The maximum absolute atomic E-state index is 10.8. The van der Waals surface area contributed by atoms with Crippen LogP contribution in [0.15, 0.2) is 72.8 Å². The lowest BCUT2D eigenvalue weighted by molar-refractivity contribution is -0.0730. The zero-order chi connectivity index (χ0) is 20.9. The molecule has 1 nitrogen and oxygen atoms in total. The van der Waals surface area contributed by atoms with Crippen molar-refractivity contribution in [3.63, 3.8) is 0 Å². The topological polar surface area (TPSA) is 20.2 Å². The summed E-state index contributed by atoms with van der Waals surface area (Å²) in [4.78, 5) is 0. The SMILES string of the molecule is CC1(C)[C@@H](O)CC[C@]2(C)c3ccc(-c4ccccc4)c(-c4ccccc4)c3CC[C@@H]12. The second-order valence-electron chi connectivity index (χ2n) is 10.1. The molecular weight excluding hydrogens is 364 g/mol. The molecule has 3 aromatic carbocycles. The first-order valence-corrected chi connectivity index (χ1v) is 11.4. The lowest BCUT2D eigenvalue weighted by Gasteiger charge is -2.56. The quantitative estimate of drug-likeness (QED) is 0.493. The van der Waals surface area contributed by atoms with Gasteiger partial charge in [0.2, 0.25) is 0 Å². The Labute approximate surface area is 180 Å². The van der Waals surface area contributed by atoms with E-state index in [4.69, 9.17) is 0 Å². The number of hydrogen-bond donors (Lipinski definition) is 1. The fourth-order valence-corrected chi connectivity index (χ4v) is 6.57. The monoisotopic (exact) mass is 396 g/mol. The van der Waals surface area contributed by atoms with Crippen molar-refractivity contribution >= 4 is 0 Å². The predicted molar refractivity (Wildman–Crippen MR) is 125 cm³/mol. The molecule has 154 valence electrons. The fraction of sp³-hybridized carbons (Fsp3) is 0.379. The first-order valence-electron chi connectivity index (χ1n) is 11.4. The molecule has 0 amide bonds. The van der Waals surface area contributed by atoms with Crippen LogP contribution >= 0.6 is 0 Å². The second-order valence-corrected chi connectivity index (χ2v) is 10.1. The van der Waals surface area contributed by atoms with E-state index in [1.807, 2.05) is 0 Å². The van der Waals surface area contributed by atoms with E-state index in [2.05, 4.69) is 93.6 Å². The molecule has 0 saturated heterocycles. The van der Waals surface area contributed by atoms with E-state index in [1.165, 1.54) is 33.4 Å². The van der Waals surface area contributed by atoms with Crippen LogP contribution in [0, 0.1) is 11.3 Å². The Morgan fingerprint density at radius 2 is 1.40 bits per heavy atom. The number of benzene rings is 3. The zero-order valence-corrected chi connectivity index (χ0v) is 18.4. The van der Waals surface area contributed by atoms with Gasteiger partial charge < -0.3 is 5.11 Å². The van der Waals surface area contributed by atoms with E-state index in [0.717, 1.165) is 25.7 Å². The average molecular weight is 397 g/mol. The Balaban J connectivity index is 1.75. The van der Waals surface area contributed by atoms with Crippen molar-refractivity contribution in [1.82, 2.24) is 0 Å². The Bertz CT molecular complexity index is 1050. The highest BCUT2D eigenvalue weighted by molar-refractivity contribution is 5.87. The van der Waals surface area contributed by atoms with Crippen LogP contribution in [0.5, 0.6) is 0 Å². The van der Waals surface area contributed by atoms with E-state index in [9.17, 15) is 5.11 Å². The van der Waals surface area contributed by atoms with Gasteiger partial charge in [0.05, 0.1) is 6.10 Å². The summed E-state index contributed by atoms with van der Waals surface area (Å²) in [6, 6.07) is 26.5. The Hall–Kier alpha value is -2.38. The molecule has 0 unspecified atom stereocenters. The molecule has 1 fully saturated rings. The molecule has 5 rings (SSSR count). The summed E-state index contributed by atoms with van der Waals surface area (Å²) in [5.74, 6) is 0.507. The van der Waals surface area contributed by atoms with E-state index in [0.29, 0.717) is 5.92 Å². The highest BCUT2D eigenvalue weighted by Crippen LogP contribution is 2.58. The van der Waals surface area contributed by atoms with Crippen LogP contribution in [0.1, 0.15) is 51.2 Å². The second kappa shape index (κ2) is 7.10. The molecule has 0 heterocycles. The van der Waals surface area contributed by atoms with Gasteiger partial charge in [0.1, 0.15) is 0 Å². The van der Waals surface area contributed by atoms with Gasteiger partial charge in [-0.2, -0.15) is 0 Å². The number of hydrogen-bond acceptors (Lipinski definition) is 1. The number of rotatable bonds is 2. The third-order valence-corrected chi connectivity index (χ3v) is 8.22. The maximum atomic E-state index is 10.8. The maximum Gasteiger partial charge on any atom is 0.0594 e. The lowest BCUT2D eigenvalue weighted by Crippen LogP contribution is -2.53. The van der Waals surface area contributed by atoms with Crippen molar-refractivity contribution < 1.29 is 5.11 Å². The van der Waals surface area contributed by atoms with Crippen LogP contribution in [0.25, 0.3) is 22.3 Å². The first-order chi connectivity index (χ1) is 14.4. The third-order valence-electron chi connectivity index (χ3n) is 8.22. The fourth-order valence-electron chi connectivity index (χ4n) is 6.57. The Morgan fingerprint density at radius 3 is 2.07 bits per heavy atom. The molecule has 3 atom stereocenters. The Kier molecular flexibility index (Phi) is 4.63. The molecule has 1 heteroatoms. The molecule has 2 aliphatic rings.